The summed E-state index contributed by atoms with van der Waals surface area (Å²) in [6.45, 7) is 0. The van der Waals surface area contributed by atoms with Crippen molar-refractivity contribution in [3.63, 3.8) is 0 Å². The maximum absolute atomic E-state index is 12.4. The van der Waals surface area contributed by atoms with Gasteiger partial charge in [0.2, 0.25) is 0 Å². The van der Waals surface area contributed by atoms with Gasteiger partial charge >= 0.3 is 12.1 Å². The van der Waals surface area contributed by atoms with E-state index in [0.29, 0.717) is 5.69 Å². The normalized spacial score (nSPS) is 11.2. The molecule has 0 unspecified atom stereocenters. The van der Waals surface area contributed by atoms with Gasteiger partial charge in [-0.05, 0) is 30.3 Å². The summed E-state index contributed by atoms with van der Waals surface area (Å²) in [6.07, 6.45) is -3.30. The first-order chi connectivity index (χ1) is 9.77. The number of hydrogen-bond donors (Lipinski definition) is 3. The summed E-state index contributed by atoms with van der Waals surface area (Å²) in [5, 5.41) is 11.5. The number of carbonyl (C=O) groups is 1. The van der Waals surface area contributed by atoms with E-state index in [1.54, 1.807) is 0 Å². The van der Waals surface area contributed by atoms with Gasteiger partial charge in [0.25, 0.3) is 0 Å². The van der Waals surface area contributed by atoms with Crippen molar-refractivity contribution in [3.8, 4) is 0 Å². The summed E-state index contributed by atoms with van der Waals surface area (Å²) in [5.74, 6) is -1.00. The Morgan fingerprint density at radius 1 is 1.24 bits per heavy atom. The minimum absolute atomic E-state index is 0.0783. The summed E-state index contributed by atoms with van der Waals surface area (Å²) in [7, 11) is 0. The molecular weight excluding hydrogens is 287 g/mol. The first-order valence-electron chi connectivity index (χ1n) is 5.70. The number of nitrogens with two attached hydrogens (primary N) is 1. The number of aromatic carboxylic acids is 1. The minimum Gasteiger partial charge on any atom is -0.478 e. The highest BCUT2D eigenvalue weighted by molar-refractivity contribution is 5.89. The molecule has 2 aromatic rings. The van der Waals surface area contributed by atoms with Crippen LogP contribution in [0.15, 0.2) is 36.5 Å². The molecule has 5 nitrogen and oxygen atoms in total. The first-order valence-corrected chi connectivity index (χ1v) is 5.70. The van der Waals surface area contributed by atoms with E-state index in [9.17, 15) is 18.0 Å². The molecule has 0 spiro atoms. The molecule has 1 aromatic heterocycles. The fourth-order valence-corrected chi connectivity index (χ4v) is 1.58. The van der Waals surface area contributed by atoms with Crippen molar-refractivity contribution < 1.29 is 23.1 Å². The molecule has 1 aromatic carbocycles. The highest BCUT2D eigenvalue weighted by Crippen LogP contribution is 2.30. The third-order valence-electron chi connectivity index (χ3n) is 2.64. The summed E-state index contributed by atoms with van der Waals surface area (Å²) in [6, 6.07) is 5.51. The van der Waals surface area contributed by atoms with Crippen LogP contribution in [0.1, 0.15) is 15.9 Å². The van der Waals surface area contributed by atoms with Crippen LogP contribution in [0.4, 0.5) is 30.4 Å². The lowest BCUT2D eigenvalue weighted by Gasteiger charge is -2.10. The summed E-state index contributed by atoms with van der Waals surface area (Å²) in [4.78, 5) is 14.6. The van der Waals surface area contributed by atoms with Gasteiger partial charge < -0.3 is 16.2 Å². The van der Waals surface area contributed by atoms with Gasteiger partial charge in [-0.15, -0.1) is 0 Å². The van der Waals surface area contributed by atoms with Crippen LogP contribution in [0.5, 0.6) is 0 Å². The second-order valence-electron chi connectivity index (χ2n) is 4.17. The Balaban J connectivity index is 2.20. The smallest absolute Gasteiger partial charge is 0.416 e. The third kappa shape index (κ3) is 3.41. The lowest BCUT2D eigenvalue weighted by molar-refractivity contribution is -0.137. The van der Waals surface area contributed by atoms with Crippen LogP contribution in [-0.2, 0) is 6.18 Å². The Kier molecular flexibility index (Phi) is 3.70. The van der Waals surface area contributed by atoms with Crippen molar-refractivity contribution >= 4 is 23.2 Å². The molecule has 8 heteroatoms. The van der Waals surface area contributed by atoms with Crippen molar-refractivity contribution in [2.24, 2.45) is 0 Å². The van der Waals surface area contributed by atoms with Crippen LogP contribution in [0.25, 0.3) is 0 Å². The quantitative estimate of drug-likeness (QED) is 0.810. The molecule has 0 atom stereocenters. The molecule has 0 saturated carbocycles. The van der Waals surface area contributed by atoms with E-state index < -0.39 is 17.7 Å². The third-order valence-corrected chi connectivity index (χ3v) is 2.64. The van der Waals surface area contributed by atoms with E-state index in [4.69, 9.17) is 10.8 Å². The second kappa shape index (κ2) is 5.31. The number of carboxylic acid groups (broad SMARTS) is 1. The number of halogens is 3. The molecule has 0 fully saturated rings. The van der Waals surface area contributed by atoms with E-state index in [1.165, 1.54) is 18.2 Å². The number of alkyl halides is 3. The Labute approximate surface area is 117 Å². The van der Waals surface area contributed by atoms with Crippen LogP contribution in [0.3, 0.4) is 0 Å². The maximum atomic E-state index is 12.4. The Morgan fingerprint density at radius 2 is 1.86 bits per heavy atom. The molecule has 21 heavy (non-hydrogen) atoms. The Bertz CT molecular complexity index is 669. The minimum atomic E-state index is -4.40. The van der Waals surface area contributed by atoms with Crippen molar-refractivity contribution in [3.05, 3.63) is 47.7 Å². The summed E-state index contributed by atoms with van der Waals surface area (Å²) < 4.78 is 37.3. The average Bonchev–Trinajstić information content (AvgIpc) is 2.40. The van der Waals surface area contributed by atoms with E-state index >= 15 is 0 Å². The predicted octanol–water partition coefficient (Wildman–Crippen LogP) is 3.12. The van der Waals surface area contributed by atoms with Crippen LogP contribution in [0, 0.1) is 0 Å². The molecular formula is C13H10F3N3O2. The SMILES string of the molecule is Nc1cc(C(=O)O)cnc1Nc1ccc(C(F)(F)F)cc1. The van der Waals surface area contributed by atoms with Gasteiger partial charge in [0.05, 0.1) is 16.8 Å². The molecule has 0 radical (unpaired) electrons. The number of nitrogens with one attached hydrogen (secondary N) is 1. The fraction of sp³-hybridized carbons (Fsp3) is 0.0769. The highest BCUT2D eigenvalue weighted by Gasteiger charge is 2.29. The number of rotatable bonds is 3. The average molecular weight is 297 g/mol. The fourth-order valence-electron chi connectivity index (χ4n) is 1.58. The summed E-state index contributed by atoms with van der Waals surface area (Å²) in [5.41, 5.74) is 5.22. The van der Waals surface area contributed by atoms with Gasteiger partial charge in [-0.25, -0.2) is 9.78 Å². The number of aromatic nitrogens is 1. The van der Waals surface area contributed by atoms with Gasteiger partial charge in [0.15, 0.2) is 5.82 Å². The topological polar surface area (TPSA) is 88.2 Å². The van der Waals surface area contributed by atoms with Crippen LogP contribution < -0.4 is 11.1 Å². The van der Waals surface area contributed by atoms with E-state index in [-0.39, 0.29) is 17.1 Å². The molecule has 0 aliphatic heterocycles. The van der Waals surface area contributed by atoms with Crippen LogP contribution >= 0.6 is 0 Å². The van der Waals surface area contributed by atoms with Crippen molar-refractivity contribution in [2.45, 2.75) is 6.18 Å². The van der Waals surface area contributed by atoms with E-state index in [0.717, 1.165) is 18.3 Å². The predicted molar refractivity (Wildman–Crippen MR) is 70.3 cm³/mol. The molecule has 110 valence electrons. The molecule has 0 aliphatic carbocycles. The molecule has 0 bridgehead atoms. The first kappa shape index (κ1) is 14.6. The van der Waals surface area contributed by atoms with Gasteiger partial charge in [-0.3, -0.25) is 0 Å². The maximum Gasteiger partial charge on any atom is 0.416 e. The van der Waals surface area contributed by atoms with E-state index in [1.807, 2.05) is 0 Å². The second-order valence-corrected chi connectivity index (χ2v) is 4.17. The zero-order valence-corrected chi connectivity index (χ0v) is 10.5. The van der Waals surface area contributed by atoms with Crippen molar-refractivity contribution in [1.82, 2.24) is 4.98 Å². The van der Waals surface area contributed by atoms with E-state index in [2.05, 4.69) is 10.3 Å². The van der Waals surface area contributed by atoms with Gasteiger partial charge in [0.1, 0.15) is 0 Å². The van der Waals surface area contributed by atoms with Crippen molar-refractivity contribution in [1.29, 1.82) is 0 Å². The van der Waals surface area contributed by atoms with Crippen molar-refractivity contribution in [2.75, 3.05) is 11.1 Å². The summed E-state index contributed by atoms with van der Waals surface area (Å²) >= 11 is 0. The standard InChI is InChI=1S/C13H10F3N3O2/c14-13(15,16)8-1-3-9(4-2-8)19-11-10(17)5-7(6-18-11)12(20)21/h1-6H,17H2,(H,18,19)(H,20,21). The van der Waals surface area contributed by atoms with Crippen LogP contribution in [0.2, 0.25) is 0 Å². The number of pyridine rings is 1. The molecule has 4 N–H and O–H groups in total. The zero-order chi connectivity index (χ0) is 15.6. The number of hydrogen-bond acceptors (Lipinski definition) is 4. The number of anilines is 3. The van der Waals surface area contributed by atoms with Gasteiger partial charge in [-0.2, -0.15) is 13.2 Å². The molecule has 0 saturated heterocycles. The number of carboxylic acids is 1. The Hall–Kier alpha value is -2.77. The highest BCUT2D eigenvalue weighted by atomic mass is 19.4. The van der Waals surface area contributed by atoms with Crippen LogP contribution in [-0.4, -0.2) is 16.1 Å². The Morgan fingerprint density at radius 3 is 2.33 bits per heavy atom. The van der Waals surface area contributed by atoms with Gasteiger partial charge in [0, 0.05) is 11.9 Å². The molecule has 1 heterocycles. The lowest BCUT2D eigenvalue weighted by atomic mass is 10.2. The number of benzene rings is 1. The lowest BCUT2D eigenvalue weighted by Crippen LogP contribution is -2.06. The number of nitrogens with zero attached hydrogens (tertiary/aromatic N) is 1. The van der Waals surface area contributed by atoms with Gasteiger partial charge in [-0.1, -0.05) is 0 Å². The monoisotopic (exact) mass is 297 g/mol. The zero-order valence-electron chi connectivity index (χ0n) is 10.5. The number of nitrogen functional groups attached to an aromatic ring is 1. The largest absolute Gasteiger partial charge is 0.478 e. The molecule has 0 amide bonds. The molecule has 2 rings (SSSR count). The molecule has 0 aliphatic rings.